The van der Waals surface area contributed by atoms with Gasteiger partial charge < -0.3 is 5.11 Å². The number of aryl methyl sites for hydroxylation is 1. The number of hydrogen-bond acceptors (Lipinski definition) is 3. The fraction of sp³-hybridized carbons (Fsp3) is 0.211. The van der Waals surface area contributed by atoms with Crippen LogP contribution in [0.1, 0.15) is 34.5 Å². The molecule has 4 rings (SSSR count). The molecular weight excluding hydrogens is 302 g/mol. The first kappa shape index (κ1) is 14.6. The first-order chi connectivity index (χ1) is 11.7. The number of rotatable bonds is 3. The van der Waals surface area contributed by atoms with E-state index in [4.69, 9.17) is 10.2 Å². The van der Waals surface area contributed by atoms with Crippen LogP contribution < -0.4 is 0 Å². The fourth-order valence-corrected chi connectivity index (χ4v) is 3.25. The molecule has 5 nitrogen and oxygen atoms in total. The molecule has 120 valence electrons. The molecule has 1 aromatic carbocycles. The normalized spacial score (nSPS) is 13.5. The van der Waals surface area contributed by atoms with E-state index in [0.717, 1.165) is 48.5 Å². The Kier molecular flexibility index (Phi) is 3.61. The third kappa shape index (κ3) is 2.48. The SMILES string of the molecule is O=C(O)c1ccc(-n2nc3c(c2-c2ccccn2)CCCC3)cc1. The van der Waals surface area contributed by atoms with E-state index in [1.54, 1.807) is 30.5 Å². The largest absolute Gasteiger partial charge is 0.478 e. The minimum absolute atomic E-state index is 0.273. The molecule has 5 heteroatoms. The highest BCUT2D eigenvalue weighted by Crippen LogP contribution is 2.32. The maximum Gasteiger partial charge on any atom is 0.335 e. The van der Waals surface area contributed by atoms with Crippen LogP contribution in [-0.4, -0.2) is 25.8 Å². The summed E-state index contributed by atoms with van der Waals surface area (Å²) in [5, 5.41) is 13.9. The Morgan fingerprint density at radius 1 is 1.04 bits per heavy atom. The molecule has 0 unspecified atom stereocenters. The lowest BCUT2D eigenvalue weighted by Gasteiger charge is -2.12. The summed E-state index contributed by atoms with van der Waals surface area (Å²) in [5.41, 5.74) is 5.44. The molecule has 0 amide bonds. The zero-order valence-electron chi connectivity index (χ0n) is 13.1. The molecule has 0 bridgehead atoms. The Labute approximate surface area is 139 Å². The molecule has 0 radical (unpaired) electrons. The van der Waals surface area contributed by atoms with Crippen molar-refractivity contribution < 1.29 is 9.90 Å². The van der Waals surface area contributed by atoms with Crippen molar-refractivity contribution in [2.75, 3.05) is 0 Å². The van der Waals surface area contributed by atoms with Gasteiger partial charge in [-0.2, -0.15) is 5.10 Å². The second kappa shape index (κ2) is 5.92. The van der Waals surface area contributed by atoms with Crippen molar-refractivity contribution in [2.45, 2.75) is 25.7 Å². The maximum absolute atomic E-state index is 11.1. The number of carbonyl (C=O) groups is 1. The van der Waals surface area contributed by atoms with Crippen molar-refractivity contribution in [3.05, 3.63) is 65.5 Å². The second-order valence-electron chi connectivity index (χ2n) is 5.96. The average Bonchev–Trinajstić information content (AvgIpc) is 3.02. The van der Waals surface area contributed by atoms with Crippen LogP contribution in [0.3, 0.4) is 0 Å². The van der Waals surface area contributed by atoms with Crippen molar-refractivity contribution in [1.29, 1.82) is 0 Å². The number of carboxylic acids is 1. The van der Waals surface area contributed by atoms with Gasteiger partial charge in [-0.3, -0.25) is 4.98 Å². The highest BCUT2D eigenvalue weighted by atomic mass is 16.4. The summed E-state index contributed by atoms with van der Waals surface area (Å²) in [6, 6.07) is 12.7. The number of aromatic nitrogens is 3. The maximum atomic E-state index is 11.1. The number of carboxylic acid groups (broad SMARTS) is 1. The van der Waals surface area contributed by atoms with E-state index in [2.05, 4.69) is 4.98 Å². The summed E-state index contributed by atoms with van der Waals surface area (Å²) < 4.78 is 1.91. The number of aromatic carboxylic acids is 1. The molecule has 1 aliphatic carbocycles. The number of pyridine rings is 1. The van der Waals surface area contributed by atoms with Crippen LogP contribution in [0.25, 0.3) is 17.1 Å². The van der Waals surface area contributed by atoms with Gasteiger partial charge in [-0.15, -0.1) is 0 Å². The lowest BCUT2D eigenvalue weighted by atomic mass is 9.95. The summed E-state index contributed by atoms with van der Waals surface area (Å²) in [4.78, 5) is 15.6. The molecule has 1 aliphatic rings. The van der Waals surface area contributed by atoms with E-state index in [1.807, 2.05) is 22.9 Å². The number of hydrogen-bond donors (Lipinski definition) is 1. The Hall–Kier alpha value is -2.95. The number of fused-ring (bicyclic) bond motifs is 1. The van der Waals surface area contributed by atoms with Crippen LogP contribution in [-0.2, 0) is 12.8 Å². The van der Waals surface area contributed by atoms with Crippen LogP contribution in [0.2, 0.25) is 0 Å². The smallest absolute Gasteiger partial charge is 0.335 e. The standard InChI is InChI=1S/C19H17N3O2/c23-19(24)13-8-10-14(11-9-13)22-18(17-7-3-4-12-20-17)15-5-1-2-6-16(15)21-22/h3-4,7-12H,1-2,5-6H2,(H,23,24). The van der Waals surface area contributed by atoms with Gasteiger partial charge in [0.2, 0.25) is 0 Å². The van der Waals surface area contributed by atoms with Gasteiger partial charge in [-0.05, 0) is 62.1 Å². The quantitative estimate of drug-likeness (QED) is 0.802. The van der Waals surface area contributed by atoms with E-state index in [-0.39, 0.29) is 5.56 Å². The van der Waals surface area contributed by atoms with Crippen LogP contribution in [0.15, 0.2) is 48.7 Å². The van der Waals surface area contributed by atoms with Crippen LogP contribution >= 0.6 is 0 Å². The van der Waals surface area contributed by atoms with Gasteiger partial charge in [-0.1, -0.05) is 6.07 Å². The van der Waals surface area contributed by atoms with Crippen molar-refractivity contribution >= 4 is 5.97 Å². The minimum atomic E-state index is -0.925. The number of benzene rings is 1. The summed E-state index contributed by atoms with van der Waals surface area (Å²) >= 11 is 0. The molecular formula is C19H17N3O2. The highest BCUT2D eigenvalue weighted by Gasteiger charge is 2.23. The van der Waals surface area contributed by atoms with Gasteiger partial charge in [-0.25, -0.2) is 9.48 Å². The van der Waals surface area contributed by atoms with E-state index >= 15 is 0 Å². The van der Waals surface area contributed by atoms with Gasteiger partial charge >= 0.3 is 5.97 Å². The highest BCUT2D eigenvalue weighted by molar-refractivity contribution is 5.87. The Bertz CT molecular complexity index is 883. The molecule has 0 saturated carbocycles. The molecule has 3 aromatic rings. The predicted molar refractivity (Wildman–Crippen MR) is 90.4 cm³/mol. The second-order valence-corrected chi connectivity index (χ2v) is 5.96. The summed E-state index contributed by atoms with van der Waals surface area (Å²) in [5.74, 6) is -0.925. The molecule has 0 atom stereocenters. The van der Waals surface area contributed by atoms with Crippen molar-refractivity contribution in [2.24, 2.45) is 0 Å². The van der Waals surface area contributed by atoms with Crippen LogP contribution in [0, 0.1) is 0 Å². The van der Waals surface area contributed by atoms with Gasteiger partial charge in [0.05, 0.1) is 28.3 Å². The van der Waals surface area contributed by atoms with E-state index < -0.39 is 5.97 Å². The van der Waals surface area contributed by atoms with E-state index in [0.29, 0.717) is 0 Å². The minimum Gasteiger partial charge on any atom is -0.478 e. The first-order valence-corrected chi connectivity index (χ1v) is 8.10. The predicted octanol–water partition coefficient (Wildman–Crippen LogP) is 3.51. The zero-order valence-corrected chi connectivity index (χ0v) is 13.1. The van der Waals surface area contributed by atoms with Gasteiger partial charge in [0, 0.05) is 11.8 Å². The van der Waals surface area contributed by atoms with Crippen molar-refractivity contribution in [3.63, 3.8) is 0 Å². The third-order valence-corrected chi connectivity index (χ3v) is 4.42. The molecule has 2 aromatic heterocycles. The van der Waals surface area contributed by atoms with E-state index in [9.17, 15) is 4.79 Å². The molecule has 1 N–H and O–H groups in total. The van der Waals surface area contributed by atoms with Gasteiger partial charge in [0.25, 0.3) is 0 Å². The van der Waals surface area contributed by atoms with E-state index in [1.165, 1.54) is 5.56 Å². The summed E-state index contributed by atoms with van der Waals surface area (Å²) in [6.45, 7) is 0. The third-order valence-electron chi connectivity index (χ3n) is 4.42. The number of nitrogens with zero attached hydrogens (tertiary/aromatic N) is 3. The summed E-state index contributed by atoms with van der Waals surface area (Å²) in [7, 11) is 0. The molecule has 24 heavy (non-hydrogen) atoms. The molecule has 0 fully saturated rings. The monoisotopic (exact) mass is 319 g/mol. The van der Waals surface area contributed by atoms with Crippen LogP contribution in [0.4, 0.5) is 0 Å². The van der Waals surface area contributed by atoms with Gasteiger partial charge in [0.15, 0.2) is 0 Å². The molecule has 0 aliphatic heterocycles. The Morgan fingerprint density at radius 2 is 1.83 bits per heavy atom. The van der Waals surface area contributed by atoms with Crippen LogP contribution in [0.5, 0.6) is 0 Å². The van der Waals surface area contributed by atoms with Crippen molar-refractivity contribution in [3.8, 4) is 17.1 Å². The van der Waals surface area contributed by atoms with Crippen molar-refractivity contribution in [1.82, 2.24) is 14.8 Å². The molecule has 0 spiro atoms. The lowest BCUT2D eigenvalue weighted by molar-refractivity contribution is 0.0697. The zero-order chi connectivity index (χ0) is 16.5. The lowest BCUT2D eigenvalue weighted by Crippen LogP contribution is -2.03. The first-order valence-electron chi connectivity index (χ1n) is 8.10. The average molecular weight is 319 g/mol. The Balaban J connectivity index is 1.88. The summed E-state index contributed by atoms with van der Waals surface area (Å²) in [6.07, 6.45) is 6.10. The topological polar surface area (TPSA) is 68.0 Å². The molecule has 2 heterocycles. The van der Waals surface area contributed by atoms with Gasteiger partial charge in [0.1, 0.15) is 0 Å². The molecule has 0 saturated heterocycles. The fourth-order valence-electron chi connectivity index (χ4n) is 3.25. The Morgan fingerprint density at radius 3 is 2.54 bits per heavy atom.